The summed E-state index contributed by atoms with van der Waals surface area (Å²) in [5.74, 6) is 0. The van der Waals surface area contributed by atoms with Gasteiger partial charge in [-0.3, -0.25) is 4.68 Å². The zero-order chi connectivity index (χ0) is 17.0. The second-order valence-corrected chi connectivity index (χ2v) is 7.47. The van der Waals surface area contributed by atoms with Crippen LogP contribution in [0.25, 0.3) is 0 Å². The lowest BCUT2D eigenvalue weighted by molar-refractivity contribution is 0.0628. The van der Waals surface area contributed by atoms with Gasteiger partial charge < -0.3 is 15.7 Å². The molecule has 24 heavy (non-hydrogen) atoms. The largest absolute Gasteiger partial charge is 0.383 e. The molecule has 0 aromatic carbocycles. The number of aliphatic hydroxyl groups is 1. The number of amides is 2. The van der Waals surface area contributed by atoms with Gasteiger partial charge in [0.05, 0.1) is 18.6 Å². The van der Waals surface area contributed by atoms with Crippen molar-refractivity contribution in [3.05, 3.63) is 40.8 Å². The van der Waals surface area contributed by atoms with E-state index in [1.807, 2.05) is 34.5 Å². The number of thiophene rings is 1. The molecule has 0 saturated heterocycles. The van der Waals surface area contributed by atoms with Crippen LogP contribution in [0.3, 0.4) is 0 Å². The molecule has 0 radical (unpaired) electrons. The molecule has 1 aliphatic carbocycles. The Morgan fingerprint density at radius 1 is 1.46 bits per heavy atom. The SMILES string of the molecule is C[C@](O)(CNC(=O)N[C@@H]1CCCC[C@@H]1n1cccn1)c1cccs1. The number of carbonyl (C=O) groups excluding carboxylic acids is 1. The molecule has 1 fully saturated rings. The van der Waals surface area contributed by atoms with Crippen molar-refractivity contribution in [3.8, 4) is 0 Å². The number of hydrogen-bond donors (Lipinski definition) is 3. The van der Waals surface area contributed by atoms with E-state index in [-0.39, 0.29) is 24.7 Å². The highest BCUT2D eigenvalue weighted by molar-refractivity contribution is 7.10. The number of carbonyl (C=O) groups is 1. The maximum Gasteiger partial charge on any atom is 0.315 e. The van der Waals surface area contributed by atoms with Crippen LogP contribution in [-0.4, -0.2) is 33.5 Å². The van der Waals surface area contributed by atoms with Crippen molar-refractivity contribution in [2.24, 2.45) is 0 Å². The number of aromatic nitrogens is 2. The number of nitrogens with zero attached hydrogens (tertiary/aromatic N) is 2. The van der Waals surface area contributed by atoms with Crippen LogP contribution in [0.1, 0.15) is 43.5 Å². The highest BCUT2D eigenvalue weighted by Crippen LogP contribution is 2.28. The zero-order valence-electron chi connectivity index (χ0n) is 13.8. The zero-order valence-corrected chi connectivity index (χ0v) is 14.6. The smallest absolute Gasteiger partial charge is 0.315 e. The van der Waals surface area contributed by atoms with E-state index in [1.165, 1.54) is 11.3 Å². The summed E-state index contributed by atoms with van der Waals surface area (Å²) in [7, 11) is 0. The maximum atomic E-state index is 12.3. The molecule has 130 valence electrons. The van der Waals surface area contributed by atoms with Gasteiger partial charge in [-0.05, 0) is 37.3 Å². The van der Waals surface area contributed by atoms with Gasteiger partial charge in [0.25, 0.3) is 0 Å². The molecule has 3 atom stereocenters. The quantitative estimate of drug-likeness (QED) is 0.777. The van der Waals surface area contributed by atoms with Crippen molar-refractivity contribution in [2.75, 3.05) is 6.54 Å². The fourth-order valence-corrected chi connectivity index (χ4v) is 4.00. The molecular formula is C17H24N4O2S. The summed E-state index contributed by atoms with van der Waals surface area (Å²) in [5, 5.41) is 22.6. The van der Waals surface area contributed by atoms with E-state index in [0.717, 1.165) is 30.6 Å². The van der Waals surface area contributed by atoms with Crippen LogP contribution in [0.4, 0.5) is 4.79 Å². The topological polar surface area (TPSA) is 79.2 Å². The number of hydrogen-bond acceptors (Lipinski definition) is 4. The van der Waals surface area contributed by atoms with Gasteiger partial charge in [0.15, 0.2) is 0 Å². The summed E-state index contributed by atoms with van der Waals surface area (Å²) in [6, 6.07) is 5.69. The summed E-state index contributed by atoms with van der Waals surface area (Å²) in [4.78, 5) is 13.1. The lowest BCUT2D eigenvalue weighted by atomic mass is 9.90. The molecular weight excluding hydrogens is 324 g/mol. The summed E-state index contributed by atoms with van der Waals surface area (Å²) in [5.41, 5.74) is -1.06. The average Bonchev–Trinajstić information content (AvgIpc) is 3.27. The van der Waals surface area contributed by atoms with Gasteiger partial charge in [-0.2, -0.15) is 5.10 Å². The van der Waals surface area contributed by atoms with E-state index in [1.54, 1.807) is 13.1 Å². The molecule has 1 saturated carbocycles. The summed E-state index contributed by atoms with van der Waals surface area (Å²) in [6.07, 6.45) is 7.93. The van der Waals surface area contributed by atoms with E-state index < -0.39 is 5.60 Å². The van der Waals surface area contributed by atoms with Crippen LogP contribution in [-0.2, 0) is 5.60 Å². The molecule has 3 rings (SSSR count). The molecule has 2 amide bonds. The molecule has 0 bridgehead atoms. The first-order valence-electron chi connectivity index (χ1n) is 8.36. The Kier molecular flexibility index (Phi) is 5.20. The van der Waals surface area contributed by atoms with Crippen LogP contribution in [0, 0.1) is 0 Å². The van der Waals surface area contributed by atoms with Crippen LogP contribution in [0.5, 0.6) is 0 Å². The molecule has 6 nitrogen and oxygen atoms in total. The van der Waals surface area contributed by atoms with Gasteiger partial charge in [0, 0.05) is 17.3 Å². The van der Waals surface area contributed by atoms with Gasteiger partial charge in [-0.1, -0.05) is 18.9 Å². The number of nitrogens with one attached hydrogen (secondary N) is 2. The monoisotopic (exact) mass is 348 g/mol. The highest BCUT2D eigenvalue weighted by Gasteiger charge is 2.29. The Morgan fingerprint density at radius 3 is 3.00 bits per heavy atom. The van der Waals surface area contributed by atoms with E-state index in [0.29, 0.717) is 0 Å². The third-order valence-corrected chi connectivity index (χ3v) is 5.68. The van der Waals surface area contributed by atoms with E-state index in [9.17, 15) is 9.90 Å². The Hall–Kier alpha value is -1.86. The molecule has 2 heterocycles. The van der Waals surface area contributed by atoms with Crippen molar-refractivity contribution in [3.63, 3.8) is 0 Å². The fraction of sp³-hybridized carbons (Fsp3) is 0.529. The molecule has 1 aliphatic rings. The minimum absolute atomic E-state index is 0.0605. The van der Waals surface area contributed by atoms with Gasteiger partial charge in [0.1, 0.15) is 5.60 Å². The first-order chi connectivity index (χ1) is 11.6. The van der Waals surface area contributed by atoms with Crippen molar-refractivity contribution in [1.29, 1.82) is 0 Å². The van der Waals surface area contributed by atoms with Gasteiger partial charge >= 0.3 is 6.03 Å². The van der Waals surface area contributed by atoms with Crippen molar-refractivity contribution in [2.45, 2.75) is 50.3 Å². The Bertz CT molecular complexity index is 640. The summed E-state index contributed by atoms with van der Waals surface area (Å²) in [6.45, 7) is 1.89. The molecule has 0 aliphatic heterocycles. The highest BCUT2D eigenvalue weighted by atomic mass is 32.1. The van der Waals surface area contributed by atoms with Crippen LogP contribution in [0.15, 0.2) is 36.0 Å². The molecule has 0 unspecified atom stereocenters. The van der Waals surface area contributed by atoms with Gasteiger partial charge in [-0.15, -0.1) is 11.3 Å². The Balaban J connectivity index is 1.55. The van der Waals surface area contributed by atoms with Crippen molar-refractivity contribution < 1.29 is 9.90 Å². The Labute approximate surface area is 145 Å². The lowest BCUT2D eigenvalue weighted by Crippen LogP contribution is -2.50. The first-order valence-corrected chi connectivity index (χ1v) is 9.24. The predicted octanol–water partition coefficient (Wildman–Crippen LogP) is 2.64. The van der Waals surface area contributed by atoms with E-state index in [2.05, 4.69) is 15.7 Å². The minimum atomic E-state index is -1.06. The van der Waals surface area contributed by atoms with Gasteiger partial charge in [0.2, 0.25) is 0 Å². The van der Waals surface area contributed by atoms with E-state index >= 15 is 0 Å². The second-order valence-electron chi connectivity index (χ2n) is 6.52. The number of urea groups is 1. The van der Waals surface area contributed by atoms with Crippen LogP contribution >= 0.6 is 11.3 Å². The van der Waals surface area contributed by atoms with Crippen molar-refractivity contribution >= 4 is 17.4 Å². The molecule has 2 aromatic rings. The minimum Gasteiger partial charge on any atom is -0.383 e. The van der Waals surface area contributed by atoms with Crippen molar-refractivity contribution in [1.82, 2.24) is 20.4 Å². The molecule has 0 spiro atoms. The normalized spacial score (nSPS) is 23.4. The standard InChI is InChI=1S/C17H24N4O2S/c1-17(23,15-8-4-11-24-15)12-18-16(22)20-13-6-2-3-7-14(13)21-10-5-9-19-21/h4-5,8-11,13-14,23H,2-3,6-7,12H2,1H3,(H2,18,20,22)/t13-,14+,17+/m1/s1. The molecule has 7 heteroatoms. The third-order valence-electron chi connectivity index (χ3n) is 4.56. The summed E-state index contributed by atoms with van der Waals surface area (Å²) < 4.78 is 1.94. The second kappa shape index (κ2) is 7.36. The maximum absolute atomic E-state index is 12.3. The first kappa shape index (κ1) is 17.0. The van der Waals surface area contributed by atoms with Crippen LogP contribution in [0.2, 0.25) is 0 Å². The molecule has 3 N–H and O–H groups in total. The van der Waals surface area contributed by atoms with Crippen LogP contribution < -0.4 is 10.6 Å². The molecule has 2 aromatic heterocycles. The predicted molar refractivity (Wildman–Crippen MR) is 93.9 cm³/mol. The Morgan fingerprint density at radius 2 is 2.29 bits per heavy atom. The number of rotatable bonds is 5. The fourth-order valence-electron chi connectivity index (χ4n) is 3.22. The third kappa shape index (κ3) is 3.96. The van der Waals surface area contributed by atoms with E-state index in [4.69, 9.17) is 0 Å². The average molecular weight is 348 g/mol. The lowest BCUT2D eigenvalue weighted by Gasteiger charge is -2.32. The van der Waals surface area contributed by atoms with Gasteiger partial charge in [-0.25, -0.2) is 4.79 Å². The summed E-state index contributed by atoms with van der Waals surface area (Å²) >= 11 is 1.48.